The smallest absolute Gasteiger partial charge is 0.417 e. The zero-order chi connectivity index (χ0) is 23.5. The highest BCUT2D eigenvalue weighted by Crippen LogP contribution is 2.32. The van der Waals surface area contributed by atoms with Crippen LogP contribution in [0.5, 0.6) is 5.75 Å². The molecule has 1 fully saturated rings. The Morgan fingerprint density at radius 2 is 1.69 bits per heavy atom. The fourth-order valence-electron chi connectivity index (χ4n) is 3.30. The molecule has 1 aromatic heterocycles. The molecular weight excluding hydrogens is 453 g/mol. The molecule has 2 heterocycles. The standard InChI is InChI=1S/C19H19F3N4O5S/c1-31-16-10-12(24-32(29)30)2-3-13(16)17(27)25-6-8-26(9-7-25)18(28)14-11-23-5-4-15(14)19(20,21)22/h2-5,10-11,24H,6-9H2,1H3,(H,29,30). The summed E-state index contributed by atoms with van der Waals surface area (Å²) in [6.07, 6.45) is -2.82. The Hall–Kier alpha value is -3.19. The lowest BCUT2D eigenvalue weighted by Crippen LogP contribution is -2.50. The van der Waals surface area contributed by atoms with Crippen molar-refractivity contribution < 1.29 is 36.3 Å². The number of halogens is 3. The number of methoxy groups -OCH3 is 1. The van der Waals surface area contributed by atoms with Crippen molar-refractivity contribution in [3.8, 4) is 5.75 Å². The Labute approximate surface area is 183 Å². The number of rotatable bonds is 5. The van der Waals surface area contributed by atoms with Crippen molar-refractivity contribution in [3.63, 3.8) is 0 Å². The van der Waals surface area contributed by atoms with Crippen molar-refractivity contribution >= 4 is 28.8 Å². The maximum Gasteiger partial charge on any atom is 0.417 e. The zero-order valence-corrected chi connectivity index (χ0v) is 17.6. The summed E-state index contributed by atoms with van der Waals surface area (Å²) < 4.78 is 66.9. The van der Waals surface area contributed by atoms with Crippen molar-refractivity contribution in [2.75, 3.05) is 38.0 Å². The minimum atomic E-state index is -4.69. The van der Waals surface area contributed by atoms with Crippen LogP contribution in [0.3, 0.4) is 0 Å². The number of piperazine rings is 1. The third-order valence-corrected chi connectivity index (χ3v) is 5.26. The van der Waals surface area contributed by atoms with E-state index >= 15 is 0 Å². The molecule has 0 spiro atoms. The number of nitrogens with zero attached hydrogens (tertiary/aromatic N) is 3. The van der Waals surface area contributed by atoms with E-state index in [0.29, 0.717) is 0 Å². The number of hydrogen-bond donors (Lipinski definition) is 2. The van der Waals surface area contributed by atoms with Crippen LogP contribution in [0.25, 0.3) is 0 Å². The molecule has 0 radical (unpaired) electrons. The number of anilines is 1. The lowest BCUT2D eigenvalue weighted by atomic mass is 10.1. The van der Waals surface area contributed by atoms with Crippen LogP contribution in [0.2, 0.25) is 0 Å². The zero-order valence-electron chi connectivity index (χ0n) is 16.8. The van der Waals surface area contributed by atoms with E-state index in [9.17, 15) is 27.0 Å². The van der Waals surface area contributed by atoms with Gasteiger partial charge in [0.05, 0.1) is 29.5 Å². The highest BCUT2D eigenvalue weighted by molar-refractivity contribution is 7.80. The number of nitrogens with one attached hydrogen (secondary N) is 1. The van der Waals surface area contributed by atoms with Crippen LogP contribution in [0.4, 0.5) is 18.9 Å². The van der Waals surface area contributed by atoms with Gasteiger partial charge in [-0.05, 0) is 18.2 Å². The molecule has 172 valence electrons. The predicted octanol–water partition coefficient (Wildman–Crippen LogP) is 2.26. The number of pyridine rings is 1. The molecule has 0 bridgehead atoms. The highest BCUT2D eigenvalue weighted by atomic mass is 32.2. The fourth-order valence-corrected chi connectivity index (χ4v) is 3.63. The maximum absolute atomic E-state index is 13.2. The first kappa shape index (κ1) is 23.5. The molecular formula is C19H19F3N4O5S. The second-order valence-electron chi connectivity index (χ2n) is 6.77. The maximum atomic E-state index is 13.2. The summed E-state index contributed by atoms with van der Waals surface area (Å²) in [6, 6.07) is 5.01. The summed E-state index contributed by atoms with van der Waals surface area (Å²) in [5.41, 5.74) is -1.12. The van der Waals surface area contributed by atoms with Gasteiger partial charge in [-0.15, -0.1) is 0 Å². The van der Waals surface area contributed by atoms with Gasteiger partial charge in [0, 0.05) is 44.6 Å². The molecule has 3 rings (SSSR count). The van der Waals surface area contributed by atoms with E-state index in [1.807, 2.05) is 0 Å². The van der Waals surface area contributed by atoms with Crippen LogP contribution in [0, 0.1) is 0 Å². The van der Waals surface area contributed by atoms with Crippen molar-refractivity contribution in [2.24, 2.45) is 0 Å². The second-order valence-corrected chi connectivity index (χ2v) is 7.47. The molecule has 0 saturated carbocycles. The van der Waals surface area contributed by atoms with E-state index in [-0.39, 0.29) is 43.2 Å². The van der Waals surface area contributed by atoms with E-state index < -0.39 is 40.4 Å². The summed E-state index contributed by atoms with van der Waals surface area (Å²) in [7, 11) is 1.34. The Bertz CT molecular complexity index is 1040. The van der Waals surface area contributed by atoms with Crippen molar-refractivity contribution in [3.05, 3.63) is 53.3 Å². The molecule has 1 aromatic carbocycles. The number of carbonyl (C=O) groups is 2. The SMILES string of the molecule is COc1cc(NS(=O)O)ccc1C(=O)N1CCN(C(=O)c2cnccc2C(F)(F)F)CC1. The van der Waals surface area contributed by atoms with Crippen LogP contribution < -0.4 is 9.46 Å². The molecule has 2 N–H and O–H groups in total. The first-order valence-electron chi connectivity index (χ1n) is 9.27. The molecule has 1 aliphatic heterocycles. The molecule has 13 heteroatoms. The number of carbonyl (C=O) groups excluding carboxylic acids is 2. The van der Waals surface area contributed by atoms with Gasteiger partial charge in [0.25, 0.3) is 23.1 Å². The van der Waals surface area contributed by atoms with Gasteiger partial charge in [-0.25, -0.2) is 4.21 Å². The Kier molecular flexibility index (Phi) is 6.99. The number of aromatic nitrogens is 1. The van der Waals surface area contributed by atoms with Gasteiger partial charge in [0.15, 0.2) is 0 Å². The van der Waals surface area contributed by atoms with E-state index in [2.05, 4.69) is 9.71 Å². The number of ether oxygens (including phenoxy) is 1. The molecule has 1 unspecified atom stereocenters. The summed E-state index contributed by atoms with van der Waals surface area (Å²) in [5.74, 6) is -1.03. The topological polar surface area (TPSA) is 112 Å². The third kappa shape index (κ3) is 5.16. The van der Waals surface area contributed by atoms with Gasteiger partial charge in [0.1, 0.15) is 5.75 Å². The van der Waals surface area contributed by atoms with Gasteiger partial charge < -0.3 is 14.5 Å². The molecule has 9 nitrogen and oxygen atoms in total. The number of benzene rings is 1. The summed E-state index contributed by atoms with van der Waals surface area (Å²) in [5, 5.41) is 0. The summed E-state index contributed by atoms with van der Waals surface area (Å²) >= 11 is -2.29. The first-order chi connectivity index (χ1) is 15.1. The number of hydrogen-bond acceptors (Lipinski definition) is 5. The fraction of sp³-hybridized carbons (Fsp3) is 0.316. The van der Waals surface area contributed by atoms with Gasteiger partial charge >= 0.3 is 6.18 Å². The minimum absolute atomic E-state index is 0.0439. The summed E-state index contributed by atoms with van der Waals surface area (Å²) in [6.45, 7) is 0.302. The minimum Gasteiger partial charge on any atom is -0.496 e. The van der Waals surface area contributed by atoms with E-state index in [0.717, 1.165) is 18.5 Å². The Balaban J connectivity index is 1.71. The third-order valence-electron chi connectivity index (χ3n) is 4.85. The average molecular weight is 472 g/mol. The van der Waals surface area contributed by atoms with Gasteiger partial charge in [-0.2, -0.15) is 13.2 Å². The van der Waals surface area contributed by atoms with Gasteiger partial charge in [0.2, 0.25) is 0 Å². The Morgan fingerprint density at radius 3 is 2.22 bits per heavy atom. The van der Waals surface area contributed by atoms with E-state index in [4.69, 9.17) is 9.29 Å². The molecule has 0 aliphatic carbocycles. The van der Waals surface area contributed by atoms with Crippen LogP contribution >= 0.6 is 0 Å². The van der Waals surface area contributed by atoms with E-state index in [1.165, 1.54) is 35.1 Å². The van der Waals surface area contributed by atoms with Gasteiger partial charge in [-0.1, -0.05) is 0 Å². The number of amides is 2. The molecule has 32 heavy (non-hydrogen) atoms. The van der Waals surface area contributed by atoms with Crippen molar-refractivity contribution in [2.45, 2.75) is 6.18 Å². The van der Waals surface area contributed by atoms with Crippen LogP contribution in [0.1, 0.15) is 26.3 Å². The number of alkyl halides is 3. The largest absolute Gasteiger partial charge is 0.496 e. The second kappa shape index (κ2) is 9.53. The molecule has 2 aromatic rings. The normalized spacial score (nSPS) is 15.3. The average Bonchev–Trinajstić information content (AvgIpc) is 2.77. The van der Waals surface area contributed by atoms with Crippen LogP contribution in [-0.4, -0.2) is 68.6 Å². The highest BCUT2D eigenvalue weighted by Gasteiger charge is 2.37. The van der Waals surface area contributed by atoms with Crippen molar-refractivity contribution in [1.82, 2.24) is 14.8 Å². The van der Waals surface area contributed by atoms with Gasteiger partial charge in [-0.3, -0.25) is 23.8 Å². The van der Waals surface area contributed by atoms with Crippen LogP contribution in [-0.2, 0) is 17.4 Å². The summed E-state index contributed by atoms with van der Waals surface area (Å²) in [4.78, 5) is 31.9. The lowest BCUT2D eigenvalue weighted by Gasteiger charge is -2.35. The quantitative estimate of drug-likeness (QED) is 0.646. The lowest BCUT2D eigenvalue weighted by molar-refractivity contribution is -0.138. The van der Waals surface area contributed by atoms with E-state index in [1.54, 1.807) is 0 Å². The van der Waals surface area contributed by atoms with Crippen molar-refractivity contribution in [1.29, 1.82) is 0 Å². The first-order valence-corrected chi connectivity index (χ1v) is 10.4. The molecule has 2 amide bonds. The molecule has 1 aliphatic rings. The van der Waals surface area contributed by atoms with Crippen LogP contribution in [0.15, 0.2) is 36.7 Å². The Morgan fingerprint density at radius 1 is 1.09 bits per heavy atom. The predicted molar refractivity (Wildman–Crippen MR) is 108 cm³/mol. The monoisotopic (exact) mass is 472 g/mol. The molecule has 1 atom stereocenters. The molecule has 1 saturated heterocycles.